The van der Waals surface area contributed by atoms with Gasteiger partial charge in [0.25, 0.3) is 5.91 Å². The van der Waals surface area contributed by atoms with Crippen molar-refractivity contribution < 1.29 is 14.0 Å². The molecule has 0 bridgehead atoms. The zero-order valence-corrected chi connectivity index (χ0v) is 16.7. The molecule has 0 spiro atoms. The molecular formula is C20H20FN5O2S. The molecule has 0 aliphatic heterocycles. The van der Waals surface area contributed by atoms with E-state index in [1.807, 2.05) is 30.3 Å². The molecule has 3 rings (SSSR count). The fraction of sp³-hybridized carbons (Fsp3) is 0.200. The molecule has 7 nitrogen and oxygen atoms in total. The second-order valence-electron chi connectivity index (χ2n) is 6.30. The number of aromatic nitrogens is 3. The summed E-state index contributed by atoms with van der Waals surface area (Å²) in [6, 6.07) is 14.1. The van der Waals surface area contributed by atoms with Crippen LogP contribution in [0.1, 0.15) is 29.1 Å². The van der Waals surface area contributed by atoms with Gasteiger partial charge in [0.1, 0.15) is 5.82 Å². The molecule has 0 aliphatic rings. The van der Waals surface area contributed by atoms with Crippen LogP contribution >= 0.6 is 11.8 Å². The molecule has 9 heteroatoms. The second-order valence-corrected chi connectivity index (χ2v) is 7.25. The quantitative estimate of drug-likeness (QED) is 0.581. The van der Waals surface area contributed by atoms with Crippen molar-refractivity contribution in [2.45, 2.75) is 18.1 Å². The maximum atomic E-state index is 13.0. The lowest BCUT2D eigenvalue weighted by Crippen LogP contribution is -2.28. The van der Waals surface area contributed by atoms with Gasteiger partial charge in [0.2, 0.25) is 5.91 Å². The molecule has 1 heterocycles. The Labute approximate surface area is 171 Å². The Hall–Kier alpha value is -3.20. The number of nitrogens with zero attached hydrogens (tertiary/aromatic N) is 3. The Balaban J connectivity index is 1.57. The molecule has 150 valence electrons. The Bertz CT molecular complexity index is 992. The molecule has 29 heavy (non-hydrogen) atoms. The molecule has 2 amide bonds. The fourth-order valence-corrected chi connectivity index (χ4v) is 3.34. The third kappa shape index (κ3) is 5.41. The van der Waals surface area contributed by atoms with Gasteiger partial charge in [-0.2, -0.15) is 0 Å². The third-order valence-electron chi connectivity index (χ3n) is 4.10. The van der Waals surface area contributed by atoms with E-state index in [0.717, 1.165) is 5.69 Å². The topological polar surface area (TPSA) is 88.9 Å². The van der Waals surface area contributed by atoms with Crippen LogP contribution in [-0.2, 0) is 11.8 Å². The predicted octanol–water partition coefficient (Wildman–Crippen LogP) is 3.18. The molecular weight excluding hydrogens is 393 g/mol. The normalized spacial score (nSPS) is 11.7. The van der Waals surface area contributed by atoms with Crippen molar-refractivity contribution in [3.8, 4) is 0 Å². The van der Waals surface area contributed by atoms with Gasteiger partial charge in [0, 0.05) is 18.3 Å². The number of para-hydroxylation sites is 1. The van der Waals surface area contributed by atoms with Crippen LogP contribution in [0, 0.1) is 5.82 Å². The highest BCUT2D eigenvalue weighted by Gasteiger charge is 2.19. The highest BCUT2D eigenvalue weighted by molar-refractivity contribution is 7.99. The van der Waals surface area contributed by atoms with Gasteiger partial charge >= 0.3 is 0 Å². The summed E-state index contributed by atoms with van der Waals surface area (Å²) in [6.45, 7) is 1.78. The first kappa shape index (κ1) is 20.5. The van der Waals surface area contributed by atoms with Crippen molar-refractivity contribution >= 4 is 29.3 Å². The lowest BCUT2D eigenvalue weighted by molar-refractivity contribution is -0.113. The number of nitrogens with one attached hydrogen (secondary N) is 2. The number of thioether (sulfide) groups is 1. The van der Waals surface area contributed by atoms with E-state index in [1.54, 1.807) is 18.5 Å². The van der Waals surface area contributed by atoms with Crippen molar-refractivity contribution in [3.63, 3.8) is 0 Å². The largest absolute Gasteiger partial charge is 0.342 e. The van der Waals surface area contributed by atoms with Crippen LogP contribution in [0.25, 0.3) is 0 Å². The highest BCUT2D eigenvalue weighted by Crippen LogP contribution is 2.20. The van der Waals surface area contributed by atoms with Gasteiger partial charge in [0.05, 0.1) is 11.8 Å². The minimum atomic E-state index is -0.419. The van der Waals surface area contributed by atoms with Crippen molar-refractivity contribution in [2.75, 3.05) is 11.1 Å². The molecule has 0 fully saturated rings. The van der Waals surface area contributed by atoms with E-state index < -0.39 is 11.9 Å². The van der Waals surface area contributed by atoms with Crippen molar-refractivity contribution in [1.29, 1.82) is 0 Å². The van der Waals surface area contributed by atoms with Crippen LogP contribution in [0.5, 0.6) is 0 Å². The minimum absolute atomic E-state index is 0.150. The van der Waals surface area contributed by atoms with Crippen LogP contribution < -0.4 is 10.6 Å². The summed E-state index contributed by atoms with van der Waals surface area (Å²) in [7, 11) is 1.77. The number of carbonyl (C=O) groups is 2. The number of hydrogen-bond acceptors (Lipinski definition) is 5. The molecule has 0 aliphatic carbocycles. The molecule has 1 atom stereocenters. The van der Waals surface area contributed by atoms with E-state index in [9.17, 15) is 14.0 Å². The summed E-state index contributed by atoms with van der Waals surface area (Å²) in [5.41, 5.74) is 1.08. The zero-order chi connectivity index (χ0) is 20.8. The van der Waals surface area contributed by atoms with Crippen LogP contribution in [0.15, 0.2) is 59.8 Å². The van der Waals surface area contributed by atoms with Crippen LogP contribution in [0.3, 0.4) is 0 Å². The van der Waals surface area contributed by atoms with E-state index in [1.165, 1.54) is 36.0 Å². The maximum Gasteiger partial charge on any atom is 0.251 e. The number of carbonyl (C=O) groups excluding carboxylic acids is 2. The molecule has 0 saturated carbocycles. The molecule has 0 saturated heterocycles. The van der Waals surface area contributed by atoms with E-state index in [0.29, 0.717) is 16.5 Å². The zero-order valence-electron chi connectivity index (χ0n) is 15.9. The Kier molecular flexibility index (Phi) is 6.61. The summed E-state index contributed by atoms with van der Waals surface area (Å²) in [4.78, 5) is 24.4. The van der Waals surface area contributed by atoms with Crippen molar-refractivity contribution in [2.24, 2.45) is 7.05 Å². The summed E-state index contributed by atoms with van der Waals surface area (Å²) in [6.07, 6.45) is 0. The number of rotatable bonds is 7. The van der Waals surface area contributed by atoms with Gasteiger partial charge in [0.15, 0.2) is 11.0 Å². The van der Waals surface area contributed by atoms with Gasteiger partial charge in [-0.3, -0.25) is 9.59 Å². The molecule has 3 aromatic rings. The Morgan fingerprint density at radius 3 is 2.48 bits per heavy atom. The second kappa shape index (κ2) is 9.33. The number of anilines is 1. The molecule has 0 radical (unpaired) electrons. The van der Waals surface area contributed by atoms with Crippen molar-refractivity contribution in [3.05, 3.63) is 71.8 Å². The highest BCUT2D eigenvalue weighted by atomic mass is 32.2. The molecule has 2 aromatic carbocycles. The first-order valence-electron chi connectivity index (χ1n) is 8.87. The lowest BCUT2D eigenvalue weighted by atomic mass is 10.2. The summed E-state index contributed by atoms with van der Waals surface area (Å²) < 4.78 is 14.7. The van der Waals surface area contributed by atoms with Gasteiger partial charge in [-0.1, -0.05) is 30.0 Å². The smallest absolute Gasteiger partial charge is 0.251 e. The summed E-state index contributed by atoms with van der Waals surface area (Å²) in [5.74, 6) is -0.162. The van der Waals surface area contributed by atoms with Gasteiger partial charge in [-0.15, -0.1) is 10.2 Å². The number of benzene rings is 2. The first-order valence-corrected chi connectivity index (χ1v) is 9.86. The SMILES string of the molecule is C[C@H](NC(=O)c1ccc(F)cc1)c1nnc(SCC(=O)Nc2ccccc2)n1C. The minimum Gasteiger partial charge on any atom is -0.342 e. The van der Waals surface area contributed by atoms with Crippen LogP contribution in [0.4, 0.5) is 10.1 Å². The first-order chi connectivity index (χ1) is 13.9. The van der Waals surface area contributed by atoms with E-state index in [4.69, 9.17) is 0 Å². The number of amides is 2. The van der Waals surface area contributed by atoms with Gasteiger partial charge in [-0.05, 0) is 43.3 Å². The lowest BCUT2D eigenvalue weighted by Gasteiger charge is -2.13. The Morgan fingerprint density at radius 1 is 1.10 bits per heavy atom. The van der Waals surface area contributed by atoms with Gasteiger partial charge < -0.3 is 15.2 Å². The number of hydrogen-bond donors (Lipinski definition) is 2. The molecule has 1 aromatic heterocycles. The summed E-state index contributed by atoms with van der Waals surface area (Å²) in [5, 5.41) is 14.4. The van der Waals surface area contributed by atoms with E-state index in [2.05, 4.69) is 20.8 Å². The van der Waals surface area contributed by atoms with Crippen molar-refractivity contribution in [1.82, 2.24) is 20.1 Å². The number of halogens is 1. The van der Waals surface area contributed by atoms with E-state index >= 15 is 0 Å². The predicted molar refractivity (Wildman–Crippen MR) is 109 cm³/mol. The van der Waals surface area contributed by atoms with Gasteiger partial charge in [-0.25, -0.2) is 4.39 Å². The maximum absolute atomic E-state index is 13.0. The molecule has 2 N–H and O–H groups in total. The van der Waals surface area contributed by atoms with Crippen LogP contribution in [0.2, 0.25) is 0 Å². The standard InChI is InChI=1S/C20H20FN5O2S/c1-13(22-19(28)14-8-10-15(21)11-9-14)18-24-25-20(26(18)2)29-12-17(27)23-16-6-4-3-5-7-16/h3-11,13H,12H2,1-2H3,(H,22,28)(H,23,27)/t13-/m0/s1. The monoisotopic (exact) mass is 413 g/mol. The average Bonchev–Trinajstić information content (AvgIpc) is 3.08. The average molecular weight is 413 g/mol. The Morgan fingerprint density at radius 2 is 1.79 bits per heavy atom. The van der Waals surface area contributed by atoms with Crippen LogP contribution in [-0.4, -0.2) is 32.3 Å². The fourth-order valence-electron chi connectivity index (χ4n) is 2.62. The molecule has 0 unspecified atom stereocenters. The third-order valence-corrected chi connectivity index (χ3v) is 5.12. The van der Waals surface area contributed by atoms with E-state index in [-0.39, 0.29) is 17.6 Å². The summed E-state index contributed by atoms with van der Waals surface area (Å²) >= 11 is 1.25.